The van der Waals surface area contributed by atoms with Crippen LogP contribution in [0.4, 0.5) is 0 Å². The normalized spacial score (nSPS) is 14.7. The predicted octanol–water partition coefficient (Wildman–Crippen LogP) is 2.81. The van der Waals surface area contributed by atoms with Crippen LogP contribution in [0.15, 0.2) is 46.4 Å². The minimum absolute atomic E-state index is 0.0311. The van der Waals surface area contributed by atoms with E-state index in [0.717, 1.165) is 10.9 Å². The third-order valence-corrected chi connectivity index (χ3v) is 6.26. The smallest absolute Gasteiger partial charge is 0.256 e. The Morgan fingerprint density at radius 1 is 1.19 bits per heavy atom. The van der Waals surface area contributed by atoms with E-state index in [1.165, 1.54) is 24.3 Å². The highest BCUT2D eigenvalue weighted by Gasteiger charge is 2.29. The summed E-state index contributed by atoms with van der Waals surface area (Å²) >= 11 is 1.46. The van der Waals surface area contributed by atoms with Crippen LogP contribution in [-0.2, 0) is 13.0 Å². The van der Waals surface area contributed by atoms with Gasteiger partial charge in [-0.25, -0.2) is 4.98 Å². The Bertz CT molecular complexity index is 1100. The van der Waals surface area contributed by atoms with Crippen molar-refractivity contribution in [1.82, 2.24) is 30.0 Å². The molecular formula is C22H26N6O3S. The average molecular weight is 455 g/mol. The fourth-order valence-electron chi connectivity index (χ4n) is 3.81. The molecule has 0 bridgehead atoms. The van der Waals surface area contributed by atoms with Gasteiger partial charge in [0.15, 0.2) is 5.82 Å². The van der Waals surface area contributed by atoms with Crippen molar-refractivity contribution in [2.75, 3.05) is 19.3 Å². The number of fused-ring (bicyclic) bond motifs is 1. The first kappa shape index (κ1) is 22.1. The maximum absolute atomic E-state index is 13.2. The Labute approximate surface area is 190 Å². The zero-order valence-electron chi connectivity index (χ0n) is 18.3. The lowest BCUT2D eigenvalue weighted by molar-refractivity contribution is 0.0754. The summed E-state index contributed by atoms with van der Waals surface area (Å²) in [4.78, 5) is 31.9. The SMILES string of the molecule is CSc1ncccc1C(=O)N1CCc2nnc(C(NC(=O)c3ccoc3)C(C)C)n2CC1. The third kappa shape index (κ3) is 4.40. The number of thioether (sulfide) groups is 1. The number of nitrogens with zero attached hydrogens (tertiary/aromatic N) is 5. The van der Waals surface area contributed by atoms with Crippen molar-refractivity contribution in [3.8, 4) is 0 Å². The molecule has 10 heteroatoms. The molecule has 2 amide bonds. The van der Waals surface area contributed by atoms with Crippen molar-refractivity contribution < 1.29 is 14.0 Å². The molecule has 0 saturated heterocycles. The Kier molecular flexibility index (Phi) is 6.59. The Morgan fingerprint density at radius 3 is 2.75 bits per heavy atom. The lowest BCUT2D eigenvalue weighted by Gasteiger charge is -2.23. The highest BCUT2D eigenvalue weighted by molar-refractivity contribution is 7.98. The molecule has 3 aromatic heterocycles. The molecule has 4 heterocycles. The van der Waals surface area contributed by atoms with Crippen LogP contribution in [0, 0.1) is 5.92 Å². The number of rotatable bonds is 6. The number of amides is 2. The van der Waals surface area contributed by atoms with Crippen LogP contribution in [0.2, 0.25) is 0 Å². The Morgan fingerprint density at radius 2 is 2.03 bits per heavy atom. The molecule has 0 radical (unpaired) electrons. The summed E-state index contributed by atoms with van der Waals surface area (Å²) < 4.78 is 7.06. The van der Waals surface area contributed by atoms with E-state index in [-0.39, 0.29) is 23.8 Å². The number of carbonyl (C=O) groups is 2. The summed E-state index contributed by atoms with van der Waals surface area (Å²) in [6, 6.07) is 4.91. The maximum Gasteiger partial charge on any atom is 0.256 e. The van der Waals surface area contributed by atoms with Gasteiger partial charge in [-0.05, 0) is 30.4 Å². The van der Waals surface area contributed by atoms with Crippen molar-refractivity contribution in [2.45, 2.75) is 37.9 Å². The molecule has 0 saturated carbocycles. The van der Waals surface area contributed by atoms with Gasteiger partial charge >= 0.3 is 0 Å². The zero-order valence-corrected chi connectivity index (χ0v) is 19.1. The Balaban J connectivity index is 1.53. The number of aromatic nitrogens is 4. The summed E-state index contributed by atoms with van der Waals surface area (Å²) in [6.45, 7) is 5.69. The minimum Gasteiger partial charge on any atom is -0.472 e. The first-order valence-electron chi connectivity index (χ1n) is 10.5. The van der Waals surface area contributed by atoms with Crippen molar-refractivity contribution in [1.29, 1.82) is 0 Å². The number of nitrogens with one attached hydrogen (secondary N) is 1. The van der Waals surface area contributed by atoms with Crippen LogP contribution in [0.25, 0.3) is 0 Å². The molecule has 0 spiro atoms. The number of furan rings is 1. The molecule has 0 aromatic carbocycles. The van der Waals surface area contributed by atoms with Crippen LogP contribution >= 0.6 is 11.8 Å². The van der Waals surface area contributed by atoms with Gasteiger partial charge in [-0.2, -0.15) is 0 Å². The van der Waals surface area contributed by atoms with Gasteiger partial charge in [0.1, 0.15) is 17.1 Å². The fourth-order valence-corrected chi connectivity index (χ4v) is 4.35. The predicted molar refractivity (Wildman–Crippen MR) is 119 cm³/mol. The number of pyridine rings is 1. The second-order valence-electron chi connectivity index (χ2n) is 7.94. The number of hydrogen-bond acceptors (Lipinski definition) is 7. The molecular weight excluding hydrogens is 428 g/mol. The van der Waals surface area contributed by atoms with E-state index < -0.39 is 0 Å². The summed E-state index contributed by atoms with van der Waals surface area (Å²) in [6.07, 6.45) is 7.09. The molecule has 9 nitrogen and oxygen atoms in total. The van der Waals surface area contributed by atoms with E-state index in [1.807, 2.05) is 35.6 Å². The van der Waals surface area contributed by atoms with E-state index in [2.05, 4.69) is 20.5 Å². The molecule has 32 heavy (non-hydrogen) atoms. The molecule has 1 unspecified atom stereocenters. The van der Waals surface area contributed by atoms with E-state index in [0.29, 0.717) is 43.0 Å². The van der Waals surface area contributed by atoms with Crippen LogP contribution in [0.1, 0.15) is 52.3 Å². The zero-order chi connectivity index (χ0) is 22.7. The van der Waals surface area contributed by atoms with Crippen molar-refractivity contribution in [2.24, 2.45) is 5.92 Å². The summed E-state index contributed by atoms with van der Waals surface area (Å²) in [7, 11) is 0. The second-order valence-corrected chi connectivity index (χ2v) is 8.73. The van der Waals surface area contributed by atoms with Crippen LogP contribution in [0.3, 0.4) is 0 Å². The van der Waals surface area contributed by atoms with Crippen LogP contribution in [-0.4, -0.2) is 55.8 Å². The summed E-state index contributed by atoms with van der Waals surface area (Å²) in [5.41, 5.74) is 1.08. The second kappa shape index (κ2) is 9.56. The standard InChI is InChI=1S/C22H26N6O3S/c1-14(2)18(24-20(29)15-7-12-31-13-15)19-26-25-17-6-9-27(10-11-28(17)19)22(30)16-5-4-8-23-21(16)32-3/h4-5,7-8,12-14,18H,6,9-11H2,1-3H3,(H,24,29). The number of hydrogen-bond donors (Lipinski definition) is 1. The van der Waals surface area contributed by atoms with E-state index in [4.69, 9.17) is 4.42 Å². The molecule has 1 atom stereocenters. The monoisotopic (exact) mass is 454 g/mol. The highest BCUT2D eigenvalue weighted by Crippen LogP contribution is 2.24. The fraction of sp³-hybridized carbons (Fsp3) is 0.409. The summed E-state index contributed by atoms with van der Waals surface area (Å²) in [5, 5.41) is 12.6. The minimum atomic E-state index is -0.317. The lowest BCUT2D eigenvalue weighted by atomic mass is 10.0. The summed E-state index contributed by atoms with van der Waals surface area (Å²) in [5.74, 6) is 1.36. The molecule has 1 aliphatic heterocycles. The topological polar surface area (TPSA) is 106 Å². The maximum atomic E-state index is 13.2. The van der Waals surface area contributed by atoms with Gasteiger partial charge in [0.2, 0.25) is 0 Å². The molecule has 168 valence electrons. The van der Waals surface area contributed by atoms with E-state index >= 15 is 0 Å². The molecule has 0 aliphatic carbocycles. The molecule has 1 aliphatic rings. The first-order chi connectivity index (χ1) is 15.5. The largest absolute Gasteiger partial charge is 0.472 e. The molecule has 0 fully saturated rings. The van der Waals surface area contributed by atoms with Crippen LogP contribution in [0.5, 0.6) is 0 Å². The first-order valence-corrected chi connectivity index (χ1v) is 11.8. The van der Waals surface area contributed by atoms with E-state index in [1.54, 1.807) is 18.3 Å². The van der Waals surface area contributed by atoms with Crippen molar-refractivity contribution in [3.63, 3.8) is 0 Å². The molecule has 4 rings (SSSR count). The van der Waals surface area contributed by atoms with Gasteiger partial charge in [0.05, 0.1) is 23.4 Å². The Hall–Kier alpha value is -3.14. The van der Waals surface area contributed by atoms with Gasteiger partial charge in [-0.1, -0.05) is 13.8 Å². The van der Waals surface area contributed by atoms with Crippen LogP contribution < -0.4 is 5.32 Å². The van der Waals surface area contributed by atoms with Crippen molar-refractivity contribution in [3.05, 3.63) is 59.7 Å². The number of carbonyl (C=O) groups excluding carboxylic acids is 2. The quantitative estimate of drug-likeness (QED) is 0.571. The van der Waals surface area contributed by atoms with Gasteiger partial charge in [0.25, 0.3) is 11.8 Å². The van der Waals surface area contributed by atoms with Gasteiger partial charge < -0.3 is 19.2 Å². The van der Waals surface area contributed by atoms with Gasteiger partial charge in [-0.15, -0.1) is 22.0 Å². The van der Waals surface area contributed by atoms with Gasteiger partial charge in [0, 0.05) is 32.3 Å². The van der Waals surface area contributed by atoms with Crippen molar-refractivity contribution >= 4 is 23.6 Å². The molecule has 3 aromatic rings. The highest BCUT2D eigenvalue weighted by atomic mass is 32.2. The third-order valence-electron chi connectivity index (χ3n) is 5.55. The molecule has 1 N–H and O–H groups in total. The lowest BCUT2D eigenvalue weighted by Crippen LogP contribution is -2.35. The van der Waals surface area contributed by atoms with E-state index in [9.17, 15) is 9.59 Å². The average Bonchev–Trinajstić information content (AvgIpc) is 3.43. The van der Waals surface area contributed by atoms with Gasteiger partial charge in [-0.3, -0.25) is 9.59 Å².